The molecule has 102 valence electrons. The summed E-state index contributed by atoms with van der Waals surface area (Å²) in [5.41, 5.74) is 1.23. The lowest BCUT2D eigenvalue weighted by Gasteiger charge is -2.16. The Hall–Kier alpha value is -1.59. The lowest BCUT2D eigenvalue weighted by molar-refractivity contribution is -0.142. The number of aryl methyl sites for hydroxylation is 1. The van der Waals surface area contributed by atoms with Gasteiger partial charge in [-0.3, -0.25) is 9.59 Å². The second-order valence-electron chi connectivity index (χ2n) is 4.52. The molecule has 2 rings (SSSR count). The third-order valence-electron chi connectivity index (χ3n) is 3.15. The Balaban J connectivity index is 2.10. The number of benzene rings is 1. The maximum Gasteiger partial charge on any atom is 0.311 e. The van der Waals surface area contributed by atoms with Crippen LogP contribution in [0.4, 0.5) is 0 Å². The quantitative estimate of drug-likeness (QED) is 0.881. The molecule has 1 saturated heterocycles. The molecule has 1 aliphatic rings. The van der Waals surface area contributed by atoms with Gasteiger partial charge in [0.25, 0.3) is 5.91 Å². The summed E-state index contributed by atoms with van der Waals surface area (Å²) in [6.45, 7) is 2.12. The van der Waals surface area contributed by atoms with Crippen molar-refractivity contribution in [1.82, 2.24) is 5.32 Å². The predicted octanol–water partition coefficient (Wildman–Crippen LogP) is 1.48. The zero-order chi connectivity index (χ0) is 14.0. The number of amides is 1. The Kier molecular flexibility index (Phi) is 4.07. The minimum Gasteiger partial charge on any atom is -0.481 e. The minimum absolute atomic E-state index is 0.125. The van der Waals surface area contributed by atoms with Crippen LogP contribution in [0, 0.1) is 12.8 Å². The molecule has 0 saturated carbocycles. The van der Waals surface area contributed by atoms with E-state index in [0.29, 0.717) is 10.6 Å². The van der Waals surface area contributed by atoms with Crippen molar-refractivity contribution in [2.24, 2.45) is 5.92 Å². The Morgan fingerprint density at radius 2 is 2.16 bits per heavy atom. The smallest absolute Gasteiger partial charge is 0.311 e. The number of carbonyl (C=O) groups excluding carboxylic acids is 1. The Bertz CT molecular complexity index is 517. The summed E-state index contributed by atoms with van der Waals surface area (Å²) in [5, 5.41) is 12.3. The standard InChI is InChI=1S/C13H14ClNO4/c1-7-4-8(14)2-3-9(7)12(16)15-11-6-19-5-10(11)13(17)18/h2-4,10-11H,5-6H2,1H3,(H,15,16)(H,17,18). The number of carboxylic acid groups (broad SMARTS) is 1. The molecule has 1 aromatic carbocycles. The van der Waals surface area contributed by atoms with E-state index < -0.39 is 17.9 Å². The van der Waals surface area contributed by atoms with Crippen molar-refractivity contribution >= 4 is 23.5 Å². The van der Waals surface area contributed by atoms with Crippen molar-refractivity contribution in [3.63, 3.8) is 0 Å². The van der Waals surface area contributed by atoms with Gasteiger partial charge in [0.15, 0.2) is 0 Å². The summed E-state index contributed by atoms with van der Waals surface area (Å²) in [6.07, 6.45) is 0. The molecule has 5 nitrogen and oxygen atoms in total. The van der Waals surface area contributed by atoms with Crippen molar-refractivity contribution < 1.29 is 19.4 Å². The summed E-state index contributed by atoms with van der Waals surface area (Å²) < 4.78 is 5.10. The summed E-state index contributed by atoms with van der Waals surface area (Å²) >= 11 is 5.83. The van der Waals surface area contributed by atoms with Crippen LogP contribution >= 0.6 is 11.6 Å². The van der Waals surface area contributed by atoms with Gasteiger partial charge in [-0.2, -0.15) is 0 Å². The van der Waals surface area contributed by atoms with Crippen LogP contribution in [-0.2, 0) is 9.53 Å². The average molecular weight is 284 g/mol. The highest BCUT2D eigenvalue weighted by Gasteiger charge is 2.35. The van der Waals surface area contributed by atoms with Gasteiger partial charge in [-0.25, -0.2) is 0 Å². The topological polar surface area (TPSA) is 75.6 Å². The van der Waals surface area contributed by atoms with Gasteiger partial charge in [-0.05, 0) is 30.7 Å². The second-order valence-corrected chi connectivity index (χ2v) is 4.96. The van der Waals surface area contributed by atoms with Crippen molar-refractivity contribution in [3.05, 3.63) is 34.3 Å². The average Bonchev–Trinajstić information content (AvgIpc) is 2.76. The van der Waals surface area contributed by atoms with E-state index in [1.165, 1.54) is 0 Å². The number of carbonyl (C=O) groups is 2. The van der Waals surface area contributed by atoms with Crippen molar-refractivity contribution in [2.75, 3.05) is 13.2 Å². The highest BCUT2D eigenvalue weighted by atomic mass is 35.5. The fraction of sp³-hybridized carbons (Fsp3) is 0.385. The minimum atomic E-state index is -0.962. The zero-order valence-corrected chi connectivity index (χ0v) is 11.1. The van der Waals surface area contributed by atoms with Gasteiger partial charge in [-0.1, -0.05) is 11.6 Å². The van der Waals surface area contributed by atoms with E-state index in [0.717, 1.165) is 5.56 Å². The number of aliphatic carboxylic acids is 1. The molecule has 19 heavy (non-hydrogen) atoms. The van der Waals surface area contributed by atoms with E-state index in [1.54, 1.807) is 25.1 Å². The van der Waals surface area contributed by atoms with Gasteiger partial charge in [0, 0.05) is 10.6 Å². The number of rotatable bonds is 3. The van der Waals surface area contributed by atoms with Crippen molar-refractivity contribution in [3.8, 4) is 0 Å². The molecule has 2 unspecified atom stereocenters. The lowest BCUT2D eigenvalue weighted by atomic mass is 10.0. The highest BCUT2D eigenvalue weighted by Crippen LogP contribution is 2.18. The van der Waals surface area contributed by atoms with Crippen molar-refractivity contribution in [1.29, 1.82) is 0 Å². The summed E-state index contributed by atoms with van der Waals surface area (Å²) in [6, 6.07) is 4.44. The van der Waals surface area contributed by atoms with Gasteiger partial charge in [0.1, 0.15) is 5.92 Å². The fourth-order valence-corrected chi connectivity index (χ4v) is 2.29. The first-order valence-electron chi connectivity index (χ1n) is 5.86. The van der Waals surface area contributed by atoms with Crippen LogP contribution in [0.2, 0.25) is 5.02 Å². The molecule has 2 atom stereocenters. The second kappa shape index (κ2) is 5.59. The largest absolute Gasteiger partial charge is 0.481 e. The first-order valence-corrected chi connectivity index (χ1v) is 6.24. The number of hydrogen-bond donors (Lipinski definition) is 2. The fourth-order valence-electron chi connectivity index (χ4n) is 2.07. The molecule has 0 aromatic heterocycles. The van der Waals surface area contributed by atoms with E-state index in [-0.39, 0.29) is 19.1 Å². The van der Waals surface area contributed by atoms with Gasteiger partial charge < -0.3 is 15.2 Å². The summed E-state index contributed by atoms with van der Waals surface area (Å²) in [7, 11) is 0. The first-order chi connectivity index (χ1) is 8.99. The highest BCUT2D eigenvalue weighted by molar-refractivity contribution is 6.30. The van der Waals surface area contributed by atoms with Crippen LogP contribution in [0.15, 0.2) is 18.2 Å². The van der Waals surface area contributed by atoms with Crippen LogP contribution in [0.1, 0.15) is 15.9 Å². The molecule has 2 N–H and O–H groups in total. The number of halogens is 1. The zero-order valence-electron chi connectivity index (χ0n) is 10.4. The molecule has 0 spiro atoms. The number of ether oxygens (including phenoxy) is 1. The third-order valence-corrected chi connectivity index (χ3v) is 3.38. The van der Waals surface area contributed by atoms with Crippen LogP contribution in [0.3, 0.4) is 0 Å². The Morgan fingerprint density at radius 3 is 2.79 bits per heavy atom. The van der Waals surface area contributed by atoms with E-state index >= 15 is 0 Å². The molecule has 1 heterocycles. The first kappa shape index (κ1) is 13.8. The molecule has 1 aliphatic heterocycles. The summed E-state index contributed by atoms with van der Waals surface area (Å²) in [5.74, 6) is -1.97. The number of hydrogen-bond acceptors (Lipinski definition) is 3. The Morgan fingerprint density at radius 1 is 1.42 bits per heavy atom. The van der Waals surface area contributed by atoms with Gasteiger partial charge in [-0.15, -0.1) is 0 Å². The van der Waals surface area contributed by atoms with E-state index in [9.17, 15) is 9.59 Å². The van der Waals surface area contributed by atoms with Gasteiger partial charge >= 0.3 is 5.97 Å². The lowest BCUT2D eigenvalue weighted by Crippen LogP contribution is -2.42. The Labute approximate surface area is 115 Å². The van der Waals surface area contributed by atoms with Crippen LogP contribution in [-0.4, -0.2) is 36.2 Å². The van der Waals surface area contributed by atoms with Gasteiger partial charge in [0.2, 0.25) is 0 Å². The third kappa shape index (κ3) is 3.05. The van der Waals surface area contributed by atoms with Crippen LogP contribution in [0.25, 0.3) is 0 Å². The molecule has 0 bridgehead atoms. The molecular weight excluding hydrogens is 270 g/mol. The van der Waals surface area contributed by atoms with Gasteiger partial charge in [0.05, 0.1) is 19.3 Å². The molecule has 1 fully saturated rings. The molecule has 6 heteroatoms. The maximum absolute atomic E-state index is 12.1. The van der Waals surface area contributed by atoms with Crippen LogP contribution in [0.5, 0.6) is 0 Å². The number of carboxylic acids is 1. The maximum atomic E-state index is 12.1. The molecule has 0 aliphatic carbocycles. The van der Waals surface area contributed by atoms with Crippen LogP contribution < -0.4 is 5.32 Å². The molecule has 0 radical (unpaired) electrons. The molecule has 1 aromatic rings. The van der Waals surface area contributed by atoms with E-state index in [1.807, 2.05) is 0 Å². The number of nitrogens with one attached hydrogen (secondary N) is 1. The monoisotopic (exact) mass is 283 g/mol. The van der Waals surface area contributed by atoms with E-state index in [4.69, 9.17) is 21.4 Å². The summed E-state index contributed by atoms with van der Waals surface area (Å²) in [4.78, 5) is 23.1. The SMILES string of the molecule is Cc1cc(Cl)ccc1C(=O)NC1COCC1C(=O)O. The molecule has 1 amide bonds. The normalized spacial score (nSPS) is 22.2. The van der Waals surface area contributed by atoms with E-state index in [2.05, 4.69) is 5.32 Å². The predicted molar refractivity (Wildman–Crippen MR) is 69.4 cm³/mol. The van der Waals surface area contributed by atoms with Crippen molar-refractivity contribution in [2.45, 2.75) is 13.0 Å². The molecular formula is C13H14ClNO4.